The highest BCUT2D eigenvalue weighted by Gasteiger charge is 2.38. The maximum Gasteiger partial charge on any atom is 0.341 e. The number of sulfonamides is 1. The lowest BCUT2D eigenvalue weighted by Gasteiger charge is -2.31. The van der Waals surface area contributed by atoms with Crippen LogP contribution in [-0.2, 0) is 26.6 Å². The number of carbonyl (C=O) groups excluding carboxylic acids is 2. The van der Waals surface area contributed by atoms with Crippen molar-refractivity contribution in [2.75, 3.05) is 39.2 Å². The Kier molecular flexibility index (Phi) is 8.11. The molecule has 11 heteroatoms. The zero-order chi connectivity index (χ0) is 25.9. The van der Waals surface area contributed by atoms with E-state index in [1.165, 1.54) is 11.4 Å². The molecule has 0 spiro atoms. The monoisotopic (exact) mass is 507 g/mol. The Morgan fingerprint density at radius 3 is 2.31 bits per heavy atom. The number of piperidine rings is 1. The molecule has 3 rings (SSSR count). The highest BCUT2D eigenvalue weighted by molar-refractivity contribution is 7.89. The van der Waals surface area contributed by atoms with Gasteiger partial charge in [-0.3, -0.25) is 4.79 Å². The summed E-state index contributed by atoms with van der Waals surface area (Å²) in [4.78, 5) is 25.5. The fourth-order valence-corrected chi connectivity index (χ4v) is 6.25. The lowest BCUT2D eigenvalue weighted by atomic mass is 9.97. The van der Waals surface area contributed by atoms with Crippen molar-refractivity contribution in [3.05, 3.63) is 35.2 Å². The van der Waals surface area contributed by atoms with Crippen LogP contribution in [0.15, 0.2) is 23.1 Å². The molecule has 0 saturated carbocycles. The van der Waals surface area contributed by atoms with Crippen LogP contribution in [0.2, 0.25) is 0 Å². The zero-order valence-electron chi connectivity index (χ0n) is 21.0. The number of carbonyl (C=O) groups is 2. The Morgan fingerprint density at radius 2 is 1.74 bits per heavy atom. The molecular formula is C24H33N3O7S. The first kappa shape index (κ1) is 26.6. The van der Waals surface area contributed by atoms with Gasteiger partial charge in [-0.2, -0.15) is 4.31 Å². The SMILES string of the molecule is CCOC(=O)c1c(S(=O)(=O)N2CCC(C(=O)Nc3ccc(OC)cc3OC)CC2)c(C)n(C)c1C. The second kappa shape index (κ2) is 10.7. The zero-order valence-corrected chi connectivity index (χ0v) is 21.8. The minimum atomic E-state index is -3.97. The minimum Gasteiger partial charge on any atom is -0.497 e. The van der Waals surface area contributed by atoms with E-state index in [-0.39, 0.29) is 42.0 Å². The molecule has 1 amide bonds. The molecule has 1 aromatic heterocycles. The Hall–Kier alpha value is -3.05. The first-order valence-corrected chi connectivity index (χ1v) is 12.9. The third-order valence-electron chi connectivity index (χ3n) is 6.49. The molecule has 35 heavy (non-hydrogen) atoms. The molecule has 192 valence electrons. The standard InChI is InChI=1S/C24H33N3O7S/c1-7-34-24(29)21-15(2)26(4)16(3)22(21)35(30,31)27-12-10-17(11-13-27)23(28)25-19-9-8-18(32-5)14-20(19)33-6/h8-9,14,17H,7,10-13H2,1-6H3,(H,25,28). The van der Waals surface area contributed by atoms with Gasteiger partial charge < -0.3 is 24.1 Å². The number of esters is 1. The number of nitrogens with zero attached hydrogens (tertiary/aromatic N) is 2. The van der Waals surface area contributed by atoms with Crippen molar-refractivity contribution in [2.24, 2.45) is 13.0 Å². The largest absolute Gasteiger partial charge is 0.497 e. The summed E-state index contributed by atoms with van der Waals surface area (Å²) in [7, 11) is 0.800. The number of rotatable bonds is 8. The number of methoxy groups -OCH3 is 2. The van der Waals surface area contributed by atoms with E-state index in [0.717, 1.165) is 0 Å². The number of amides is 1. The summed E-state index contributed by atoms with van der Waals surface area (Å²) in [5.74, 6) is -0.151. The number of aromatic nitrogens is 1. The molecule has 1 fully saturated rings. The average molecular weight is 508 g/mol. The van der Waals surface area contributed by atoms with Gasteiger partial charge in [0.15, 0.2) is 0 Å². The van der Waals surface area contributed by atoms with E-state index in [9.17, 15) is 18.0 Å². The molecule has 2 aromatic rings. The van der Waals surface area contributed by atoms with E-state index in [1.54, 1.807) is 57.7 Å². The first-order valence-electron chi connectivity index (χ1n) is 11.4. The highest BCUT2D eigenvalue weighted by Crippen LogP contribution is 2.33. The van der Waals surface area contributed by atoms with Crippen LogP contribution >= 0.6 is 0 Å². The number of anilines is 1. The highest BCUT2D eigenvalue weighted by atomic mass is 32.2. The summed E-state index contributed by atoms with van der Waals surface area (Å²) in [5.41, 5.74) is 1.58. The van der Waals surface area contributed by atoms with E-state index >= 15 is 0 Å². The van der Waals surface area contributed by atoms with Crippen LogP contribution < -0.4 is 14.8 Å². The molecule has 1 N–H and O–H groups in total. The summed E-state index contributed by atoms with van der Waals surface area (Å²) < 4.78 is 45.9. The van der Waals surface area contributed by atoms with Crippen molar-refractivity contribution >= 4 is 27.6 Å². The summed E-state index contributed by atoms with van der Waals surface area (Å²) in [6, 6.07) is 5.10. The van der Waals surface area contributed by atoms with Crippen LogP contribution in [0, 0.1) is 19.8 Å². The molecular weight excluding hydrogens is 474 g/mol. The lowest BCUT2D eigenvalue weighted by Crippen LogP contribution is -2.42. The van der Waals surface area contributed by atoms with Crippen molar-refractivity contribution < 1.29 is 32.2 Å². The Labute approximate surface area is 206 Å². The fraction of sp³-hybridized carbons (Fsp3) is 0.500. The van der Waals surface area contributed by atoms with Crippen LogP contribution in [0.5, 0.6) is 11.5 Å². The van der Waals surface area contributed by atoms with Gasteiger partial charge in [-0.25, -0.2) is 13.2 Å². The van der Waals surface area contributed by atoms with E-state index in [4.69, 9.17) is 14.2 Å². The predicted octanol–water partition coefficient (Wildman–Crippen LogP) is 2.88. The molecule has 1 aromatic carbocycles. The normalized spacial score (nSPS) is 15.0. The Balaban J connectivity index is 1.76. The quantitative estimate of drug-likeness (QED) is 0.546. The van der Waals surface area contributed by atoms with Crippen LogP contribution in [0.3, 0.4) is 0 Å². The number of ether oxygens (including phenoxy) is 3. The third kappa shape index (κ3) is 5.15. The van der Waals surface area contributed by atoms with Gasteiger partial charge in [-0.15, -0.1) is 0 Å². The van der Waals surface area contributed by atoms with Gasteiger partial charge >= 0.3 is 5.97 Å². The van der Waals surface area contributed by atoms with E-state index in [0.29, 0.717) is 41.4 Å². The predicted molar refractivity (Wildman–Crippen MR) is 131 cm³/mol. The first-order chi connectivity index (χ1) is 16.6. The van der Waals surface area contributed by atoms with Crippen LogP contribution in [0.4, 0.5) is 5.69 Å². The average Bonchev–Trinajstić information content (AvgIpc) is 3.08. The van der Waals surface area contributed by atoms with Gasteiger partial charge in [-0.05, 0) is 45.7 Å². The molecule has 0 aliphatic carbocycles. The van der Waals surface area contributed by atoms with Gasteiger partial charge in [-0.1, -0.05) is 0 Å². The number of hydrogen-bond acceptors (Lipinski definition) is 7. The van der Waals surface area contributed by atoms with Gasteiger partial charge in [0, 0.05) is 43.5 Å². The van der Waals surface area contributed by atoms with Gasteiger partial charge in [0.1, 0.15) is 22.0 Å². The van der Waals surface area contributed by atoms with E-state index in [1.807, 2.05) is 0 Å². The molecule has 0 atom stereocenters. The van der Waals surface area contributed by atoms with Crippen LogP contribution in [0.25, 0.3) is 0 Å². The van der Waals surface area contributed by atoms with Crippen molar-refractivity contribution in [1.29, 1.82) is 0 Å². The Morgan fingerprint density at radius 1 is 1.09 bits per heavy atom. The molecule has 10 nitrogen and oxygen atoms in total. The van der Waals surface area contributed by atoms with Gasteiger partial charge in [0.05, 0.1) is 26.5 Å². The van der Waals surface area contributed by atoms with Crippen molar-refractivity contribution in [3.63, 3.8) is 0 Å². The van der Waals surface area contributed by atoms with Crippen molar-refractivity contribution in [1.82, 2.24) is 8.87 Å². The van der Waals surface area contributed by atoms with Gasteiger partial charge in [0.2, 0.25) is 15.9 Å². The topological polar surface area (TPSA) is 116 Å². The maximum absolute atomic E-state index is 13.6. The molecule has 1 aliphatic rings. The van der Waals surface area contributed by atoms with E-state index in [2.05, 4.69) is 5.32 Å². The smallest absolute Gasteiger partial charge is 0.341 e. The minimum absolute atomic E-state index is 0.0261. The van der Waals surface area contributed by atoms with Crippen molar-refractivity contribution in [2.45, 2.75) is 38.5 Å². The number of nitrogens with one attached hydrogen (secondary N) is 1. The summed E-state index contributed by atoms with van der Waals surface area (Å²) in [5, 5.41) is 2.87. The second-order valence-corrected chi connectivity index (χ2v) is 10.3. The Bertz CT molecular complexity index is 1210. The summed E-state index contributed by atoms with van der Waals surface area (Å²) in [6.07, 6.45) is 0.701. The molecule has 0 radical (unpaired) electrons. The van der Waals surface area contributed by atoms with E-state index < -0.39 is 16.0 Å². The van der Waals surface area contributed by atoms with Crippen LogP contribution in [-0.4, -0.2) is 63.1 Å². The number of benzene rings is 1. The fourth-order valence-electron chi connectivity index (χ4n) is 4.30. The molecule has 1 saturated heterocycles. The molecule has 1 aliphatic heterocycles. The van der Waals surface area contributed by atoms with Gasteiger partial charge in [0.25, 0.3) is 0 Å². The molecule has 2 heterocycles. The van der Waals surface area contributed by atoms with Crippen molar-refractivity contribution in [3.8, 4) is 11.5 Å². The third-order valence-corrected chi connectivity index (χ3v) is 8.55. The molecule has 0 bridgehead atoms. The maximum atomic E-state index is 13.6. The van der Waals surface area contributed by atoms with Crippen LogP contribution in [0.1, 0.15) is 41.5 Å². The molecule has 0 unspecified atom stereocenters. The summed E-state index contributed by atoms with van der Waals surface area (Å²) in [6.45, 7) is 5.51. The summed E-state index contributed by atoms with van der Waals surface area (Å²) >= 11 is 0. The second-order valence-electron chi connectivity index (χ2n) is 8.39. The lowest BCUT2D eigenvalue weighted by molar-refractivity contribution is -0.120. The number of hydrogen-bond donors (Lipinski definition) is 1.